The molecule has 1 aliphatic carbocycles. The molecular formula is C39H43N2OS+. The van der Waals surface area contributed by atoms with Gasteiger partial charge in [0.05, 0.1) is 12.5 Å². The number of hydrogen-bond acceptors (Lipinski definition) is 3. The number of likely N-dealkylation sites (N-methyl/N-ethyl adjacent to an activating group) is 1. The molecule has 0 amide bonds. The molecule has 0 aromatic heterocycles. The molecule has 3 aliphatic rings. The number of fused-ring (bicyclic) bond motifs is 2. The predicted molar refractivity (Wildman–Crippen MR) is 183 cm³/mol. The number of para-hydroxylation sites is 2. The lowest BCUT2D eigenvalue weighted by atomic mass is 9.81. The number of thioether (sulfide) groups is 1. The second kappa shape index (κ2) is 11.4. The van der Waals surface area contributed by atoms with Gasteiger partial charge in [-0.15, -0.1) is 0 Å². The Morgan fingerprint density at radius 1 is 0.814 bits per heavy atom. The van der Waals surface area contributed by atoms with E-state index in [4.69, 9.17) is 4.74 Å². The van der Waals surface area contributed by atoms with Crippen molar-refractivity contribution in [2.24, 2.45) is 0 Å². The van der Waals surface area contributed by atoms with Crippen molar-refractivity contribution in [1.29, 1.82) is 0 Å². The van der Waals surface area contributed by atoms with E-state index >= 15 is 0 Å². The Bertz CT molecular complexity index is 1720. The molecule has 0 atom stereocenters. The van der Waals surface area contributed by atoms with E-state index in [0.717, 1.165) is 25.0 Å². The Balaban J connectivity index is 1.41. The minimum atomic E-state index is -0.0446. The molecule has 0 unspecified atom stereocenters. The zero-order chi connectivity index (χ0) is 30.4. The molecule has 0 saturated carbocycles. The fraction of sp³-hybridized carbons (Fsp3) is 0.308. The van der Waals surface area contributed by atoms with Crippen LogP contribution in [-0.2, 0) is 10.8 Å². The van der Waals surface area contributed by atoms with Crippen molar-refractivity contribution in [1.82, 2.24) is 0 Å². The summed E-state index contributed by atoms with van der Waals surface area (Å²) in [5.74, 6) is 0.885. The summed E-state index contributed by atoms with van der Waals surface area (Å²) in [4.78, 5) is 4.96. The number of allylic oxidation sites excluding steroid dienone is 7. The van der Waals surface area contributed by atoms with Gasteiger partial charge in [0.25, 0.3) is 0 Å². The van der Waals surface area contributed by atoms with Crippen molar-refractivity contribution in [2.45, 2.75) is 62.7 Å². The van der Waals surface area contributed by atoms with Crippen LogP contribution in [0.25, 0.3) is 0 Å². The first-order valence-electron chi connectivity index (χ1n) is 15.3. The Labute approximate surface area is 262 Å². The van der Waals surface area contributed by atoms with E-state index in [9.17, 15) is 0 Å². The molecule has 3 aromatic rings. The van der Waals surface area contributed by atoms with Gasteiger partial charge >= 0.3 is 0 Å². The summed E-state index contributed by atoms with van der Waals surface area (Å²) in [6, 6.07) is 26.1. The first kappa shape index (κ1) is 29.3. The minimum Gasteiger partial charge on any atom is -0.497 e. The van der Waals surface area contributed by atoms with E-state index in [0.29, 0.717) is 0 Å². The van der Waals surface area contributed by atoms with E-state index in [-0.39, 0.29) is 10.8 Å². The molecule has 6 rings (SSSR count). The van der Waals surface area contributed by atoms with Crippen LogP contribution in [0.15, 0.2) is 124 Å². The summed E-state index contributed by atoms with van der Waals surface area (Å²) in [7, 11) is 6.12. The average molecular weight is 588 g/mol. The highest BCUT2D eigenvalue weighted by atomic mass is 32.2. The number of nitrogens with zero attached hydrogens (tertiary/aromatic N) is 2. The van der Waals surface area contributed by atoms with Gasteiger partial charge in [-0.2, -0.15) is 4.58 Å². The molecule has 43 heavy (non-hydrogen) atoms. The van der Waals surface area contributed by atoms with Crippen molar-refractivity contribution in [3.05, 3.63) is 130 Å². The fourth-order valence-electron chi connectivity index (χ4n) is 7.08. The number of ether oxygens (including phenoxy) is 1. The van der Waals surface area contributed by atoms with Crippen molar-refractivity contribution in [3.63, 3.8) is 0 Å². The molecule has 0 radical (unpaired) electrons. The van der Waals surface area contributed by atoms with Crippen molar-refractivity contribution < 1.29 is 9.31 Å². The lowest BCUT2D eigenvalue weighted by Crippen LogP contribution is -2.26. The third-order valence-electron chi connectivity index (χ3n) is 9.52. The number of hydrogen-bond donors (Lipinski definition) is 0. The van der Waals surface area contributed by atoms with Crippen LogP contribution in [0.2, 0.25) is 0 Å². The fourth-order valence-corrected chi connectivity index (χ4v) is 8.19. The molecule has 2 aliphatic heterocycles. The van der Waals surface area contributed by atoms with Crippen LogP contribution in [0.5, 0.6) is 5.75 Å². The van der Waals surface area contributed by atoms with Gasteiger partial charge in [-0.1, -0.05) is 74.2 Å². The Morgan fingerprint density at radius 3 is 2.21 bits per heavy atom. The molecule has 220 valence electrons. The molecular weight excluding hydrogens is 545 g/mol. The van der Waals surface area contributed by atoms with E-state index in [2.05, 4.69) is 148 Å². The van der Waals surface area contributed by atoms with Gasteiger partial charge in [0.15, 0.2) is 5.71 Å². The van der Waals surface area contributed by atoms with E-state index < -0.39 is 0 Å². The zero-order valence-corrected chi connectivity index (χ0v) is 27.4. The van der Waals surface area contributed by atoms with Crippen LogP contribution in [0.3, 0.4) is 0 Å². The predicted octanol–water partition coefficient (Wildman–Crippen LogP) is 9.73. The SMILES string of the molecule is COc1ccc(SC2=C(C=CC3=[N+](C)c4ccccc4C3(C)C)CCCC2=CC=C2N(C)c3ccccc3C2(C)C)cc1. The molecule has 2 heterocycles. The molecule has 0 saturated heterocycles. The number of anilines is 1. The normalized spacial score (nSPS) is 20.9. The van der Waals surface area contributed by atoms with Crippen molar-refractivity contribution in [2.75, 3.05) is 26.1 Å². The van der Waals surface area contributed by atoms with E-state index in [1.54, 1.807) is 7.11 Å². The lowest BCUT2D eigenvalue weighted by Gasteiger charge is -2.25. The zero-order valence-electron chi connectivity index (χ0n) is 26.6. The summed E-state index contributed by atoms with van der Waals surface area (Å²) in [6.45, 7) is 9.36. The van der Waals surface area contributed by atoms with Gasteiger partial charge < -0.3 is 9.64 Å². The largest absolute Gasteiger partial charge is 0.497 e. The monoisotopic (exact) mass is 587 g/mol. The van der Waals surface area contributed by atoms with Crippen LogP contribution in [0.4, 0.5) is 11.4 Å². The highest BCUT2D eigenvalue weighted by Gasteiger charge is 2.42. The lowest BCUT2D eigenvalue weighted by molar-refractivity contribution is -0.401. The second-order valence-corrected chi connectivity index (χ2v) is 13.9. The van der Waals surface area contributed by atoms with Gasteiger partial charge in [-0.05, 0) is 86.2 Å². The molecule has 0 fully saturated rings. The second-order valence-electron chi connectivity index (χ2n) is 12.9. The summed E-state index contributed by atoms with van der Waals surface area (Å²) in [6.07, 6.45) is 12.8. The molecule has 0 N–H and O–H groups in total. The summed E-state index contributed by atoms with van der Waals surface area (Å²) >= 11 is 1.88. The van der Waals surface area contributed by atoms with Crippen LogP contribution >= 0.6 is 11.8 Å². The van der Waals surface area contributed by atoms with Crippen LogP contribution in [0.1, 0.15) is 58.1 Å². The Kier molecular flexibility index (Phi) is 7.76. The first-order chi connectivity index (χ1) is 20.6. The number of benzene rings is 3. The molecule has 4 heteroatoms. The van der Waals surface area contributed by atoms with E-state index in [1.165, 1.54) is 54.9 Å². The first-order valence-corrected chi connectivity index (χ1v) is 16.1. The highest BCUT2D eigenvalue weighted by Crippen LogP contribution is 2.48. The molecule has 3 aromatic carbocycles. The van der Waals surface area contributed by atoms with Crippen LogP contribution in [-0.4, -0.2) is 31.5 Å². The van der Waals surface area contributed by atoms with Gasteiger partial charge in [0.2, 0.25) is 5.69 Å². The Hall–Kier alpha value is -3.76. The van der Waals surface area contributed by atoms with Crippen LogP contribution < -0.4 is 9.64 Å². The summed E-state index contributed by atoms with van der Waals surface area (Å²) < 4.78 is 7.80. The van der Waals surface area contributed by atoms with Gasteiger partial charge in [0.1, 0.15) is 12.8 Å². The number of rotatable bonds is 6. The van der Waals surface area contributed by atoms with E-state index in [1.807, 2.05) is 11.8 Å². The summed E-state index contributed by atoms with van der Waals surface area (Å²) in [5.41, 5.74) is 10.8. The smallest absolute Gasteiger partial charge is 0.209 e. The maximum absolute atomic E-state index is 5.44. The average Bonchev–Trinajstić information content (AvgIpc) is 3.33. The maximum atomic E-state index is 5.44. The Morgan fingerprint density at radius 2 is 1.51 bits per heavy atom. The van der Waals surface area contributed by atoms with Gasteiger partial charge in [0, 0.05) is 51.4 Å². The van der Waals surface area contributed by atoms with Crippen molar-refractivity contribution in [3.8, 4) is 5.75 Å². The van der Waals surface area contributed by atoms with Crippen LogP contribution in [0, 0.1) is 0 Å². The standard InChI is InChI=1S/C39H43N2OS/c1-38(2)31-15-8-10-17-33(31)40(5)35(38)25-19-27-13-12-14-28(37(27)43-30-23-21-29(42-7)22-24-30)20-26-36-39(3,4)32-16-9-11-18-34(32)41(36)6/h8-11,15-26H,12-14H2,1-7H3/q+1. The molecule has 0 spiro atoms. The summed E-state index contributed by atoms with van der Waals surface area (Å²) in [5, 5.41) is 0. The third-order valence-corrected chi connectivity index (χ3v) is 10.8. The molecule has 0 bridgehead atoms. The minimum absolute atomic E-state index is 0.0446. The third kappa shape index (κ3) is 5.20. The maximum Gasteiger partial charge on any atom is 0.209 e. The highest BCUT2D eigenvalue weighted by molar-refractivity contribution is 8.03. The van der Waals surface area contributed by atoms with Gasteiger partial charge in [-0.25, -0.2) is 0 Å². The number of methoxy groups -OCH3 is 1. The molecule has 3 nitrogen and oxygen atoms in total. The quantitative estimate of drug-likeness (QED) is 0.267. The van der Waals surface area contributed by atoms with Crippen molar-refractivity contribution >= 4 is 28.8 Å². The topological polar surface area (TPSA) is 15.5 Å². The van der Waals surface area contributed by atoms with Gasteiger partial charge in [-0.3, -0.25) is 0 Å².